The Hall–Kier alpha value is -0.800. The highest BCUT2D eigenvalue weighted by Crippen LogP contribution is 2.24. The Balaban J connectivity index is 1.79. The standard InChI is InChI=1S/C16H27NO2/c1-3-11-17-15(16-10-9-13(2)19-16)8-4-6-14-7-5-12-18-14/h9-10,14-15,17H,3-8,11-12H2,1-2H3. The van der Waals surface area contributed by atoms with Crippen molar-refractivity contribution >= 4 is 0 Å². The van der Waals surface area contributed by atoms with E-state index in [1.165, 1.54) is 25.7 Å². The van der Waals surface area contributed by atoms with Crippen LogP contribution in [0.2, 0.25) is 0 Å². The third-order valence-corrected chi connectivity index (χ3v) is 3.79. The summed E-state index contributed by atoms with van der Waals surface area (Å²) >= 11 is 0. The van der Waals surface area contributed by atoms with Crippen molar-refractivity contribution in [2.45, 2.75) is 64.5 Å². The van der Waals surface area contributed by atoms with Crippen LogP contribution in [0, 0.1) is 6.92 Å². The van der Waals surface area contributed by atoms with Gasteiger partial charge >= 0.3 is 0 Å². The summed E-state index contributed by atoms with van der Waals surface area (Å²) in [5.74, 6) is 2.08. The van der Waals surface area contributed by atoms with E-state index in [2.05, 4.69) is 24.4 Å². The second-order valence-electron chi connectivity index (χ2n) is 5.52. The minimum atomic E-state index is 0.357. The molecule has 3 nitrogen and oxygen atoms in total. The van der Waals surface area contributed by atoms with Crippen LogP contribution in [0.5, 0.6) is 0 Å². The molecule has 0 amide bonds. The summed E-state index contributed by atoms with van der Waals surface area (Å²) in [5.41, 5.74) is 0. The van der Waals surface area contributed by atoms with Gasteiger partial charge in [-0.1, -0.05) is 6.92 Å². The predicted molar refractivity (Wildman–Crippen MR) is 77.3 cm³/mol. The van der Waals surface area contributed by atoms with Crippen LogP contribution in [-0.4, -0.2) is 19.3 Å². The summed E-state index contributed by atoms with van der Waals surface area (Å²) in [6.45, 7) is 6.21. The SMILES string of the molecule is CCCNC(CCCC1CCCO1)c1ccc(C)o1. The van der Waals surface area contributed by atoms with E-state index in [9.17, 15) is 0 Å². The fourth-order valence-corrected chi connectivity index (χ4v) is 2.73. The molecule has 0 radical (unpaired) electrons. The lowest BCUT2D eigenvalue weighted by atomic mass is 10.0. The van der Waals surface area contributed by atoms with Crippen LogP contribution in [0.3, 0.4) is 0 Å². The van der Waals surface area contributed by atoms with Crippen LogP contribution < -0.4 is 5.32 Å². The molecule has 19 heavy (non-hydrogen) atoms. The second-order valence-corrected chi connectivity index (χ2v) is 5.52. The Kier molecular flexibility index (Phi) is 5.93. The Morgan fingerprint density at radius 2 is 2.32 bits per heavy atom. The van der Waals surface area contributed by atoms with Crippen molar-refractivity contribution < 1.29 is 9.15 Å². The zero-order valence-electron chi connectivity index (χ0n) is 12.3. The molecule has 1 fully saturated rings. The van der Waals surface area contributed by atoms with Crippen molar-refractivity contribution in [3.8, 4) is 0 Å². The number of nitrogens with one attached hydrogen (secondary N) is 1. The Labute approximate surface area is 116 Å². The molecule has 2 atom stereocenters. The van der Waals surface area contributed by atoms with Crippen molar-refractivity contribution in [2.24, 2.45) is 0 Å². The predicted octanol–water partition coefficient (Wildman–Crippen LogP) is 3.98. The molecule has 1 aliphatic heterocycles. The zero-order chi connectivity index (χ0) is 13.5. The maximum absolute atomic E-state index is 5.77. The minimum Gasteiger partial charge on any atom is -0.465 e. The molecule has 0 aromatic carbocycles. The van der Waals surface area contributed by atoms with Crippen molar-refractivity contribution in [2.75, 3.05) is 13.2 Å². The fourth-order valence-electron chi connectivity index (χ4n) is 2.73. The average Bonchev–Trinajstić information content (AvgIpc) is 3.05. The molecule has 1 N–H and O–H groups in total. The Morgan fingerprint density at radius 1 is 1.42 bits per heavy atom. The first-order valence-electron chi connectivity index (χ1n) is 7.71. The molecule has 3 heteroatoms. The summed E-state index contributed by atoms with van der Waals surface area (Å²) in [5, 5.41) is 3.59. The molecule has 1 aromatic rings. The van der Waals surface area contributed by atoms with E-state index in [-0.39, 0.29) is 0 Å². The Morgan fingerprint density at radius 3 is 2.95 bits per heavy atom. The lowest BCUT2D eigenvalue weighted by Crippen LogP contribution is -2.22. The summed E-state index contributed by atoms with van der Waals surface area (Å²) < 4.78 is 11.5. The normalized spacial score (nSPS) is 20.8. The summed E-state index contributed by atoms with van der Waals surface area (Å²) in [6, 6.07) is 4.51. The molecule has 0 spiro atoms. The molecule has 108 valence electrons. The molecule has 1 aliphatic rings. The molecule has 0 aliphatic carbocycles. The lowest BCUT2D eigenvalue weighted by Gasteiger charge is -2.17. The fraction of sp³-hybridized carbons (Fsp3) is 0.750. The van der Waals surface area contributed by atoms with Gasteiger partial charge in [0.05, 0.1) is 12.1 Å². The van der Waals surface area contributed by atoms with Gasteiger partial charge in [-0.15, -0.1) is 0 Å². The van der Waals surface area contributed by atoms with Gasteiger partial charge in [0, 0.05) is 6.61 Å². The molecule has 0 bridgehead atoms. The van der Waals surface area contributed by atoms with Gasteiger partial charge < -0.3 is 14.5 Å². The largest absolute Gasteiger partial charge is 0.465 e. The van der Waals surface area contributed by atoms with E-state index in [4.69, 9.17) is 9.15 Å². The van der Waals surface area contributed by atoms with E-state index in [0.717, 1.165) is 37.5 Å². The monoisotopic (exact) mass is 265 g/mol. The number of furan rings is 1. The van der Waals surface area contributed by atoms with Gasteiger partial charge in [0.1, 0.15) is 11.5 Å². The molecule has 1 saturated heterocycles. The van der Waals surface area contributed by atoms with Gasteiger partial charge in [-0.3, -0.25) is 0 Å². The third kappa shape index (κ3) is 4.66. The Bertz CT molecular complexity index is 355. The highest BCUT2D eigenvalue weighted by molar-refractivity contribution is 5.09. The van der Waals surface area contributed by atoms with Gasteiger partial charge in [0.2, 0.25) is 0 Å². The van der Waals surface area contributed by atoms with E-state index in [1.807, 2.05) is 6.92 Å². The zero-order valence-corrected chi connectivity index (χ0v) is 12.3. The minimum absolute atomic E-state index is 0.357. The van der Waals surface area contributed by atoms with Gasteiger partial charge in [-0.2, -0.15) is 0 Å². The van der Waals surface area contributed by atoms with Crippen molar-refractivity contribution in [1.29, 1.82) is 0 Å². The molecule has 2 unspecified atom stereocenters. The highest BCUT2D eigenvalue weighted by Gasteiger charge is 2.18. The topological polar surface area (TPSA) is 34.4 Å². The van der Waals surface area contributed by atoms with Crippen LogP contribution in [0.25, 0.3) is 0 Å². The van der Waals surface area contributed by atoms with Crippen molar-refractivity contribution in [3.05, 3.63) is 23.7 Å². The smallest absolute Gasteiger partial charge is 0.121 e. The molecular weight excluding hydrogens is 238 g/mol. The quantitative estimate of drug-likeness (QED) is 0.772. The summed E-state index contributed by atoms with van der Waals surface area (Å²) in [7, 11) is 0. The molecule has 2 rings (SSSR count). The first-order chi connectivity index (χ1) is 9.29. The maximum atomic E-state index is 5.77. The van der Waals surface area contributed by atoms with Crippen molar-refractivity contribution in [3.63, 3.8) is 0 Å². The van der Waals surface area contributed by atoms with Crippen LogP contribution in [0.15, 0.2) is 16.5 Å². The molecule has 0 saturated carbocycles. The van der Waals surface area contributed by atoms with E-state index < -0.39 is 0 Å². The highest BCUT2D eigenvalue weighted by atomic mass is 16.5. The first kappa shape index (κ1) is 14.6. The summed E-state index contributed by atoms with van der Waals surface area (Å²) in [6.07, 6.45) is 7.65. The third-order valence-electron chi connectivity index (χ3n) is 3.79. The van der Waals surface area contributed by atoms with Crippen LogP contribution in [-0.2, 0) is 4.74 Å². The number of hydrogen-bond acceptors (Lipinski definition) is 3. The number of aryl methyl sites for hydroxylation is 1. The molecular formula is C16H27NO2. The lowest BCUT2D eigenvalue weighted by molar-refractivity contribution is 0.101. The van der Waals surface area contributed by atoms with Gasteiger partial charge in [0.15, 0.2) is 0 Å². The van der Waals surface area contributed by atoms with E-state index >= 15 is 0 Å². The molecule has 1 aromatic heterocycles. The summed E-state index contributed by atoms with van der Waals surface area (Å²) in [4.78, 5) is 0. The average molecular weight is 265 g/mol. The molecule has 2 heterocycles. The first-order valence-corrected chi connectivity index (χ1v) is 7.71. The van der Waals surface area contributed by atoms with Crippen LogP contribution >= 0.6 is 0 Å². The number of rotatable bonds is 8. The van der Waals surface area contributed by atoms with E-state index in [1.54, 1.807) is 0 Å². The van der Waals surface area contributed by atoms with Gasteiger partial charge in [-0.25, -0.2) is 0 Å². The van der Waals surface area contributed by atoms with Crippen LogP contribution in [0.1, 0.15) is 63.0 Å². The second kappa shape index (κ2) is 7.71. The maximum Gasteiger partial charge on any atom is 0.121 e. The van der Waals surface area contributed by atoms with Crippen molar-refractivity contribution in [1.82, 2.24) is 5.32 Å². The number of hydrogen-bond donors (Lipinski definition) is 1. The number of ether oxygens (including phenoxy) is 1. The van der Waals surface area contributed by atoms with E-state index in [0.29, 0.717) is 12.1 Å². The van der Waals surface area contributed by atoms with Crippen LogP contribution in [0.4, 0.5) is 0 Å². The van der Waals surface area contributed by atoms with Gasteiger partial charge in [-0.05, 0) is 64.1 Å². The van der Waals surface area contributed by atoms with Gasteiger partial charge in [0.25, 0.3) is 0 Å².